The van der Waals surface area contributed by atoms with Gasteiger partial charge in [-0.15, -0.1) is 29.3 Å². The van der Waals surface area contributed by atoms with E-state index in [0.29, 0.717) is 28.1 Å². The number of rotatable bonds is 9. The van der Waals surface area contributed by atoms with Crippen LogP contribution in [-0.2, 0) is 26.5 Å². The third-order valence-corrected chi connectivity index (χ3v) is 12.0. The number of nitrogens with zero attached hydrogens (tertiary/aromatic N) is 3. The summed E-state index contributed by atoms with van der Waals surface area (Å²) in [6.07, 6.45) is 1.85. The Hall–Kier alpha value is -6.35. The molecule has 0 amide bonds. The molecule has 0 spiro atoms. The fourth-order valence-electron chi connectivity index (χ4n) is 8.61. The molecule has 4 nitrogen and oxygen atoms in total. The minimum absolute atomic E-state index is 0. The summed E-state index contributed by atoms with van der Waals surface area (Å²) in [5, 5.41) is 11.4. The van der Waals surface area contributed by atoms with E-state index in [1.54, 1.807) is 24.3 Å². The first-order valence-corrected chi connectivity index (χ1v) is 21.7. The monoisotopic (exact) mass is 1020 g/mol. The third kappa shape index (κ3) is 8.52. The standard InChI is InChI=1S/C59H54N3O.Pt/c1-37(2)48-19-14-20-49(38(3)4)56(48)44-28-29-53(39(5)32-44)62-54-22-15-21-50(57(54)61-58(62)51-18-12-13-23-55(51)63)45-33-46(35-47(34-45)59(6,7)8)52-36-43(30-31-60-52)42-26-24-41(25-27-42)40-16-10-9-11-17-40;/h9-32,34-38,63H,1-8H3;/q-1;/i5D3,37D;. The Morgan fingerprint density at radius 2 is 1.28 bits per heavy atom. The van der Waals surface area contributed by atoms with E-state index in [1.807, 2.05) is 97.4 Å². The van der Waals surface area contributed by atoms with Gasteiger partial charge < -0.3 is 5.11 Å². The van der Waals surface area contributed by atoms with E-state index in [4.69, 9.17) is 15.5 Å². The molecule has 322 valence electrons. The van der Waals surface area contributed by atoms with E-state index in [9.17, 15) is 5.11 Å². The summed E-state index contributed by atoms with van der Waals surface area (Å²) in [6.45, 7) is 12.0. The molecule has 9 rings (SSSR count). The van der Waals surface area contributed by atoms with Crippen LogP contribution in [0.25, 0.3) is 83.9 Å². The molecule has 0 aliphatic heterocycles. The summed E-state index contributed by atoms with van der Waals surface area (Å²) in [4.78, 5) is 10.2. The average Bonchev–Trinajstić information content (AvgIpc) is 3.70. The molecule has 0 aliphatic carbocycles. The van der Waals surface area contributed by atoms with Crippen molar-refractivity contribution in [3.63, 3.8) is 0 Å². The molecule has 2 aromatic heterocycles. The van der Waals surface area contributed by atoms with E-state index in [2.05, 4.69) is 101 Å². The predicted octanol–water partition coefficient (Wildman–Crippen LogP) is 15.8. The van der Waals surface area contributed by atoms with Crippen LogP contribution < -0.4 is 0 Å². The molecule has 7 aromatic carbocycles. The molecule has 0 saturated carbocycles. The molecule has 0 saturated heterocycles. The van der Waals surface area contributed by atoms with Crippen molar-refractivity contribution >= 4 is 11.0 Å². The second kappa shape index (κ2) is 18.0. The summed E-state index contributed by atoms with van der Waals surface area (Å²) in [5.74, 6) is -0.397. The van der Waals surface area contributed by atoms with Gasteiger partial charge in [-0.05, 0) is 111 Å². The van der Waals surface area contributed by atoms with Crippen LogP contribution in [0.1, 0.15) is 88.0 Å². The number of aromatic nitrogens is 3. The number of pyridine rings is 1. The quantitative estimate of drug-likeness (QED) is 0.147. The summed E-state index contributed by atoms with van der Waals surface area (Å²) in [5.41, 5.74) is 14.3. The van der Waals surface area contributed by atoms with Gasteiger partial charge in [0, 0.05) is 38.4 Å². The van der Waals surface area contributed by atoms with Crippen LogP contribution >= 0.6 is 0 Å². The fraction of sp³-hybridized carbons (Fsp3) is 0.186. The summed E-state index contributed by atoms with van der Waals surface area (Å²) in [7, 11) is 0. The number of fused-ring (bicyclic) bond motifs is 1. The minimum atomic E-state index is -2.55. The molecule has 0 radical (unpaired) electrons. The first-order chi connectivity index (χ1) is 31.9. The van der Waals surface area contributed by atoms with Gasteiger partial charge >= 0.3 is 0 Å². The Morgan fingerprint density at radius 1 is 0.641 bits per heavy atom. The van der Waals surface area contributed by atoms with Crippen molar-refractivity contribution in [1.82, 2.24) is 14.5 Å². The Morgan fingerprint density at radius 3 is 1.98 bits per heavy atom. The van der Waals surface area contributed by atoms with Crippen molar-refractivity contribution in [2.24, 2.45) is 0 Å². The molecule has 0 fully saturated rings. The zero-order valence-corrected chi connectivity index (χ0v) is 39.5. The Balaban J connectivity index is 0.00000625. The molecule has 9 aromatic rings. The Bertz CT molecular complexity index is 3290. The van der Waals surface area contributed by atoms with Crippen LogP contribution in [0.5, 0.6) is 5.75 Å². The maximum absolute atomic E-state index is 11.4. The molecule has 1 N–H and O–H groups in total. The van der Waals surface area contributed by atoms with Gasteiger partial charge in [0.2, 0.25) is 0 Å². The zero-order chi connectivity index (χ0) is 47.4. The van der Waals surface area contributed by atoms with Crippen LogP contribution in [0, 0.1) is 12.9 Å². The molecule has 64 heavy (non-hydrogen) atoms. The third-order valence-electron chi connectivity index (χ3n) is 12.0. The van der Waals surface area contributed by atoms with Gasteiger partial charge in [-0.2, -0.15) is 0 Å². The molecule has 0 aliphatic rings. The van der Waals surface area contributed by atoms with Crippen molar-refractivity contribution in [2.45, 2.75) is 72.5 Å². The van der Waals surface area contributed by atoms with Crippen molar-refractivity contribution in [2.75, 3.05) is 0 Å². The van der Waals surface area contributed by atoms with E-state index in [-0.39, 0.29) is 43.7 Å². The van der Waals surface area contributed by atoms with Crippen LogP contribution in [-0.4, -0.2) is 19.6 Å². The van der Waals surface area contributed by atoms with E-state index < -0.39 is 12.7 Å². The smallest absolute Gasteiger partial charge is 0.148 e. The molecular formula is C59H54N3OPt-. The number of hydrogen-bond donors (Lipinski definition) is 1. The summed E-state index contributed by atoms with van der Waals surface area (Å²) < 4.78 is 37.9. The zero-order valence-electron chi connectivity index (χ0n) is 41.3. The van der Waals surface area contributed by atoms with E-state index >= 15 is 0 Å². The van der Waals surface area contributed by atoms with Crippen LogP contribution in [0.3, 0.4) is 0 Å². The number of imidazole rings is 1. The summed E-state index contributed by atoms with van der Waals surface area (Å²) >= 11 is 0. The normalized spacial score (nSPS) is 12.9. The number of hydrogen-bond acceptors (Lipinski definition) is 3. The van der Waals surface area contributed by atoms with Gasteiger partial charge in [0.15, 0.2) is 0 Å². The van der Waals surface area contributed by atoms with Crippen molar-refractivity contribution in [3.8, 4) is 78.6 Å². The summed E-state index contributed by atoms with van der Waals surface area (Å²) in [6, 6.07) is 55.7. The van der Waals surface area contributed by atoms with Gasteiger partial charge in [-0.1, -0.05) is 169 Å². The number of para-hydroxylation sites is 2. The predicted molar refractivity (Wildman–Crippen MR) is 264 cm³/mol. The van der Waals surface area contributed by atoms with Gasteiger partial charge in [-0.25, -0.2) is 4.98 Å². The second-order valence-corrected chi connectivity index (χ2v) is 17.9. The fourth-order valence-corrected chi connectivity index (χ4v) is 8.61. The molecule has 0 atom stereocenters. The SMILES string of the molecule is [2H]C([2H])([2H])c1cc(-c2c(C(C)C)cccc2C([2H])(C)C)ccc1-n1c(-c2ccccc2O)nc2c(-c3[c-]c(-c4cc(-c5ccc(-c6ccccc6)cc5)ccn4)cc(C(C)(C)C)c3)cccc21.[Pt]. The van der Waals surface area contributed by atoms with Crippen molar-refractivity contribution in [3.05, 3.63) is 192 Å². The van der Waals surface area contributed by atoms with Gasteiger partial charge in [-0.3, -0.25) is 9.55 Å². The molecule has 5 heteroatoms. The van der Waals surface area contributed by atoms with E-state index in [0.717, 1.165) is 66.9 Å². The maximum atomic E-state index is 11.4. The second-order valence-electron chi connectivity index (χ2n) is 17.9. The Labute approximate surface area is 398 Å². The van der Waals surface area contributed by atoms with Crippen molar-refractivity contribution in [1.29, 1.82) is 0 Å². The minimum Gasteiger partial charge on any atom is -0.507 e. The largest absolute Gasteiger partial charge is 0.507 e. The molecule has 0 unspecified atom stereocenters. The number of aromatic hydroxyl groups is 1. The number of benzene rings is 7. The van der Waals surface area contributed by atoms with Crippen LogP contribution in [0.4, 0.5) is 0 Å². The first-order valence-electron chi connectivity index (χ1n) is 23.7. The molecular weight excluding hydrogens is 962 g/mol. The van der Waals surface area contributed by atoms with E-state index in [1.165, 1.54) is 5.56 Å². The van der Waals surface area contributed by atoms with Gasteiger partial charge in [0.05, 0.1) is 22.3 Å². The number of phenolic OH excluding ortho intramolecular Hbond substituents is 1. The van der Waals surface area contributed by atoms with Crippen LogP contribution in [0.2, 0.25) is 0 Å². The molecule has 0 bridgehead atoms. The van der Waals surface area contributed by atoms with Crippen LogP contribution in [0.15, 0.2) is 164 Å². The number of aryl methyl sites for hydroxylation is 1. The van der Waals surface area contributed by atoms with Crippen molar-refractivity contribution < 1.29 is 31.7 Å². The Kier molecular flexibility index (Phi) is 11.1. The van der Waals surface area contributed by atoms with Gasteiger partial charge in [0.1, 0.15) is 11.6 Å². The number of phenols is 1. The maximum Gasteiger partial charge on any atom is 0.148 e. The topological polar surface area (TPSA) is 50.9 Å². The average molecular weight is 1020 g/mol. The first kappa shape index (κ1) is 39.3. The van der Waals surface area contributed by atoms with Gasteiger partial charge in [0.25, 0.3) is 0 Å². The molecule has 2 heterocycles.